The number of hydrogen-bond donors (Lipinski definition) is 2. The van der Waals surface area contributed by atoms with Gasteiger partial charge in [0.25, 0.3) is 11.8 Å². The van der Waals surface area contributed by atoms with Gasteiger partial charge < -0.3 is 10.6 Å². The van der Waals surface area contributed by atoms with Crippen LogP contribution in [0.4, 0.5) is 5.69 Å². The molecule has 0 aliphatic heterocycles. The van der Waals surface area contributed by atoms with Crippen molar-refractivity contribution >= 4 is 51.9 Å². The first kappa shape index (κ1) is 30.0. The lowest BCUT2D eigenvalue weighted by Crippen LogP contribution is -2.30. The summed E-state index contributed by atoms with van der Waals surface area (Å²) in [5, 5.41) is 7.73. The maximum atomic E-state index is 13.6. The molecule has 0 bridgehead atoms. The van der Waals surface area contributed by atoms with Gasteiger partial charge in [0, 0.05) is 21.7 Å². The van der Waals surface area contributed by atoms with Crippen LogP contribution in [0, 0.1) is 0 Å². The Balaban J connectivity index is 1.04. The number of anilines is 1. The van der Waals surface area contributed by atoms with E-state index in [-0.39, 0.29) is 17.4 Å². The molecule has 5 nitrogen and oxygen atoms in total. The summed E-state index contributed by atoms with van der Waals surface area (Å²) in [5.41, 5.74) is 7.61. The van der Waals surface area contributed by atoms with E-state index in [0.717, 1.165) is 33.2 Å². The van der Waals surface area contributed by atoms with Crippen LogP contribution in [0.2, 0.25) is 0 Å². The van der Waals surface area contributed by atoms with E-state index in [9.17, 15) is 14.4 Å². The molecule has 0 spiro atoms. The largest absolute Gasteiger partial charge is 0.321 e. The zero-order valence-corrected chi connectivity index (χ0v) is 26.2. The lowest BCUT2D eigenvalue weighted by molar-refractivity contribution is -0.113. The smallest absolute Gasteiger partial charge is 0.272 e. The molecule has 0 fully saturated rings. The summed E-state index contributed by atoms with van der Waals surface area (Å²) < 4.78 is 0. The topological polar surface area (TPSA) is 75.3 Å². The highest BCUT2D eigenvalue weighted by atomic mass is 32.2. The third-order valence-corrected chi connectivity index (χ3v) is 9.26. The SMILES string of the molecule is O=C(Nc1ccc(SCC(=O)c2ccc3c(c2)Cc2ccccc2-3)cc1)/C(=C/c1cccc2ccccc12)NC(=O)c1ccccc1. The van der Waals surface area contributed by atoms with Crippen LogP contribution in [0.5, 0.6) is 0 Å². The molecule has 0 aromatic heterocycles. The second-order valence-electron chi connectivity index (χ2n) is 11.3. The molecule has 0 saturated carbocycles. The number of hydrogen-bond acceptors (Lipinski definition) is 4. The van der Waals surface area contributed by atoms with Gasteiger partial charge in [-0.2, -0.15) is 0 Å². The average Bonchev–Trinajstić information content (AvgIpc) is 3.49. The van der Waals surface area contributed by atoms with Gasteiger partial charge in [-0.25, -0.2) is 0 Å². The van der Waals surface area contributed by atoms with Crippen LogP contribution in [0.25, 0.3) is 28.0 Å². The second-order valence-corrected chi connectivity index (χ2v) is 12.4. The third-order valence-electron chi connectivity index (χ3n) is 8.25. The van der Waals surface area contributed by atoms with Crippen molar-refractivity contribution in [3.05, 3.63) is 173 Å². The number of carbonyl (C=O) groups is 3. The summed E-state index contributed by atoms with van der Waals surface area (Å²) in [6.07, 6.45) is 2.55. The number of amides is 2. The molecule has 7 rings (SSSR count). The second kappa shape index (κ2) is 13.3. The Morgan fingerprint density at radius 2 is 1.38 bits per heavy atom. The van der Waals surface area contributed by atoms with Gasteiger partial charge in [-0.15, -0.1) is 11.8 Å². The fourth-order valence-corrected chi connectivity index (χ4v) is 6.65. The molecule has 2 N–H and O–H groups in total. The van der Waals surface area contributed by atoms with E-state index in [1.807, 2.05) is 78.9 Å². The van der Waals surface area contributed by atoms with E-state index in [1.165, 1.54) is 34.0 Å². The van der Waals surface area contributed by atoms with Crippen molar-refractivity contribution in [2.45, 2.75) is 11.3 Å². The summed E-state index contributed by atoms with van der Waals surface area (Å²) in [6.45, 7) is 0. The number of Topliss-reactive ketones (excluding diaryl/α,β-unsaturated/α-hetero) is 1. The third kappa shape index (κ3) is 6.64. The van der Waals surface area contributed by atoms with Gasteiger partial charge in [0.05, 0.1) is 5.75 Å². The summed E-state index contributed by atoms with van der Waals surface area (Å²) >= 11 is 1.46. The fraction of sp³-hybridized carbons (Fsp3) is 0.0488. The quantitative estimate of drug-likeness (QED) is 0.0950. The van der Waals surface area contributed by atoms with Gasteiger partial charge in [-0.3, -0.25) is 14.4 Å². The van der Waals surface area contributed by atoms with Gasteiger partial charge in [0.15, 0.2) is 5.78 Å². The van der Waals surface area contributed by atoms with Crippen LogP contribution in [-0.2, 0) is 11.2 Å². The van der Waals surface area contributed by atoms with Crippen molar-refractivity contribution in [1.29, 1.82) is 0 Å². The molecule has 1 aliphatic carbocycles. The van der Waals surface area contributed by atoms with Crippen molar-refractivity contribution in [2.24, 2.45) is 0 Å². The Morgan fingerprint density at radius 3 is 2.23 bits per heavy atom. The molecule has 0 unspecified atom stereocenters. The summed E-state index contributed by atoms with van der Waals surface area (Å²) in [4.78, 5) is 40.7. The number of benzene rings is 6. The van der Waals surface area contributed by atoms with E-state index in [1.54, 1.807) is 42.5 Å². The Morgan fingerprint density at radius 1 is 0.660 bits per heavy atom. The maximum Gasteiger partial charge on any atom is 0.272 e. The minimum absolute atomic E-state index is 0.0727. The summed E-state index contributed by atoms with van der Waals surface area (Å²) in [7, 11) is 0. The summed E-state index contributed by atoms with van der Waals surface area (Å²) in [6, 6.07) is 44.3. The molecule has 228 valence electrons. The molecule has 1 aliphatic rings. The predicted octanol–water partition coefficient (Wildman–Crippen LogP) is 8.80. The van der Waals surface area contributed by atoms with Gasteiger partial charge in [-0.05, 0) is 93.6 Å². The Labute approximate surface area is 277 Å². The van der Waals surface area contributed by atoms with Crippen molar-refractivity contribution in [3.63, 3.8) is 0 Å². The highest BCUT2D eigenvalue weighted by molar-refractivity contribution is 8.00. The van der Waals surface area contributed by atoms with E-state index in [4.69, 9.17) is 0 Å². The predicted molar refractivity (Wildman–Crippen MR) is 191 cm³/mol. The van der Waals surface area contributed by atoms with Crippen LogP contribution in [0.1, 0.15) is 37.4 Å². The van der Waals surface area contributed by atoms with Gasteiger partial charge >= 0.3 is 0 Å². The highest BCUT2D eigenvalue weighted by Crippen LogP contribution is 2.37. The van der Waals surface area contributed by atoms with Crippen LogP contribution >= 0.6 is 11.8 Å². The first-order valence-electron chi connectivity index (χ1n) is 15.4. The molecule has 0 radical (unpaired) electrons. The first-order valence-corrected chi connectivity index (χ1v) is 16.3. The molecule has 0 atom stereocenters. The zero-order valence-electron chi connectivity index (χ0n) is 25.4. The molecule has 0 saturated heterocycles. The number of thioether (sulfide) groups is 1. The Kier molecular flexibility index (Phi) is 8.50. The Hall–Kier alpha value is -5.72. The average molecular weight is 631 g/mol. The lowest BCUT2D eigenvalue weighted by atomic mass is 10.0. The maximum absolute atomic E-state index is 13.6. The molecule has 6 aromatic carbocycles. The zero-order chi connectivity index (χ0) is 32.2. The van der Waals surface area contributed by atoms with E-state index in [0.29, 0.717) is 17.0 Å². The van der Waals surface area contributed by atoms with Crippen LogP contribution in [0.15, 0.2) is 150 Å². The standard InChI is InChI=1S/C41H30N2O3S/c44-39(31-17-22-37-32(24-31)23-29-12-5-7-16-36(29)37)26-47-34-20-18-33(19-21-34)42-41(46)38(43-40(45)28-10-2-1-3-11-28)25-30-14-8-13-27-9-4-6-15-35(27)30/h1-22,24-25H,23,26H2,(H,42,46)(H,43,45)/b38-25-. The minimum atomic E-state index is -0.448. The number of ketones is 1. The van der Waals surface area contributed by atoms with Gasteiger partial charge in [0.2, 0.25) is 0 Å². The minimum Gasteiger partial charge on any atom is -0.321 e. The molecule has 47 heavy (non-hydrogen) atoms. The molecule has 2 amide bonds. The summed E-state index contributed by atoms with van der Waals surface area (Å²) in [5.74, 6) is -0.447. The molecule has 0 heterocycles. The van der Waals surface area contributed by atoms with Crippen molar-refractivity contribution in [1.82, 2.24) is 5.32 Å². The van der Waals surface area contributed by atoms with Crippen molar-refractivity contribution in [3.8, 4) is 11.1 Å². The molecule has 6 aromatic rings. The lowest BCUT2D eigenvalue weighted by Gasteiger charge is -2.12. The van der Waals surface area contributed by atoms with Gasteiger partial charge in [0.1, 0.15) is 5.70 Å². The van der Waals surface area contributed by atoms with E-state index in [2.05, 4.69) is 34.9 Å². The fourth-order valence-electron chi connectivity index (χ4n) is 5.86. The van der Waals surface area contributed by atoms with Crippen molar-refractivity contribution < 1.29 is 14.4 Å². The Bertz CT molecular complexity index is 2170. The van der Waals surface area contributed by atoms with E-state index >= 15 is 0 Å². The molecular formula is C41H30N2O3S. The molecular weight excluding hydrogens is 601 g/mol. The van der Waals surface area contributed by atoms with Gasteiger partial charge in [-0.1, -0.05) is 97.1 Å². The normalized spacial score (nSPS) is 11.9. The monoisotopic (exact) mass is 630 g/mol. The number of fused-ring (bicyclic) bond motifs is 4. The first-order chi connectivity index (χ1) is 23.0. The number of carbonyl (C=O) groups excluding carboxylic acids is 3. The van der Waals surface area contributed by atoms with Crippen LogP contribution < -0.4 is 10.6 Å². The van der Waals surface area contributed by atoms with E-state index < -0.39 is 5.91 Å². The highest BCUT2D eigenvalue weighted by Gasteiger charge is 2.20. The number of rotatable bonds is 9. The van der Waals surface area contributed by atoms with Crippen LogP contribution in [-0.4, -0.2) is 23.4 Å². The number of nitrogens with one attached hydrogen (secondary N) is 2. The van der Waals surface area contributed by atoms with Crippen LogP contribution in [0.3, 0.4) is 0 Å². The molecule has 6 heteroatoms. The van der Waals surface area contributed by atoms with Crippen molar-refractivity contribution in [2.75, 3.05) is 11.1 Å².